The molecule has 0 aliphatic heterocycles. The molecule has 0 saturated heterocycles. The van der Waals surface area contributed by atoms with Crippen molar-refractivity contribution in [3.63, 3.8) is 0 Å². The lowest BCUT2D eigenvalue weighted by atomic mass is 9.91. The van der Waals surface area contributed by atoms with E-state index in [1.807, 2.05) is 29.7 Å². The standard InChI is InChI=1S/C32H45N5O6Si/c1-20-27(31(38)35-22-8-10-23(11-9-22)36-32(39)40)29-30(37(20)19-42-14-15-44(3,4)5)28(33-18-34-29)25-16-24(41-2)12-13-26(25)43-17-21-6-7-21/h12-13,16,18,21-23,36H,6-11,14-15,17,19H2,1-5H3,(H,35,38)(H,39,40)/t22-,23-. The van der Waals surface area contributed by atoms with Crippen molar-refractivity contribution in [2.45, 2.75) is 89.9 Å². The number of ether oxygens (including phenoxy) is 3. The molecule has 0 bridgehead atoms. The molecule has 1 aromatic carbocycles. The summed E-state index contributed by atoms with van der Waals surface area (Å²) in [6, 6.07) is 6.60. The van der Waals surface area contributed by atoms with Crippen LogP contribution in [-0.2, 0) is 11.5 Å². The minimum absolute atomic E-state index is 0.0535. The van der Waals surface area contributed by atoms with Crippen LogP contribution in [0.3, 0.4) is 0 Å². The predicted molar refractivity (Wildman–Crippen MR) is 171 cm³/mol. The first-order valence-electron chi connectivity index (χ1n) is 15.6. The van der Waals surface area contributed by atoms with Gasteiger partial charge in [-0.25, -0.2) is 14.8 Å². The van der Waals surface area contributed by atoms with Crippen molar-refractivity contribution in [3.8, 4) is 22.8 Å². The lowest BCUT2D eigenvalue weighted by molar-refractivity contribution is 0.0877. The average molecular weight is 624 g/mol. The Bertz CT molecular complexity index is 1490. The molecule has 3 aromatic rings. The maximum atomic E-state index is 13.9. The van der Waals surface area contributed by atoms with E-state index in [9.17, 15) is 9.59 Å². The highest BCUT2D eigenvalue weighted by Gasteiger charge is 2.30. The number of carboxylic acid groups (broad SMARTS) is 1. The highest BCUT2D eigenvalue weighted by molar-refractivity contribution is 6.76. The Balaban J connectivity index is 1.51. The maximum Gasteiger partial charge on any atom is 0.404 e. The van der Waals surface area contributed by atoms with E-state index in [0.717, 1.165) is 17.3 Å². The van der Waals surface area contributed by atoms with Gasteiger partial charge < -0.3 is 34.5 Å². The van der Waals surface area contributed by atoms with E-state index in [1.165, 1.54) is 19.2 Å². The Labute approximate surface area is 259 Å². The topological polar surface area (TPSA) is 137 Å². The van der Waals surface area contributed by atoms with Gasteiger partial charge >= 0.3 is 6.09 Å². The van der Waals surface area contributed by atoms with E-state index in [4.69, 9.17) is 24.3 Å². The SMILES string of the molecule is COc1ccc(OCC2CC2)c(-c2ncnc3c(C(=O)N[C@H]4CC[C@H](NC(=O)O)CC4)c(C)n(COCC[Si](C)(C)C)c23)c1. The predicted octanol–water partition coefficient (Wildman–Crippen LogP) is 5.83. The zero-order valence-corrected chi connectivity index (χ0v) is 27.4. The smallest absolute Gasteiger partial charge is 0.404 e. The van der Waals surface area contributed by atoms with Gasteiger partial charge in [0.1, 0.15) is 35.8 Å². The van der Waals surface area contributed by atoms with Gasteiger partial charge in [0.2, 0.25) is 0 Å². The van der Waals surface area contributed by atoms with E-state index < -0.39 is 14.2 Å². The molecule has 2 aromatic heterocycles. The van der Waals surface area contributed by atoms with Crippen molar-refractivity contribution in [1.82, 2.24) is 25.2 Å². The van der Waals surface area contributed by atoms with Crippen molar-refractivity contribution < 1.29 is 28.9 Å². The second kappa shape index (κ2) is 13.6. The van der Waals surface area contributed by atoms with Crippen molar-refractivity contribution >= 4 is 31.1 Å². The highest BCUT2D eigenvalue weighted by atomic mass is 28.3. The lowest BCUT2D eigenvalue weighted by Crippen LogP contribution is -2.43. The molecule has 2 aliphatic carbocycles. The molecule has 5 rings (SSSR count). The monoisotopic (exact) mass is 623 g/mol. The van der Waals surface area contributed by atoms with Crippen LogP contribution in [0.4, 0.5) is 4.79 Å². The van der Waals surface area contributed by atoms with E-state index in [0.29, 0.717) is 78.6 Å². The summed E-state index contributed by atoms with van der Waals surface area (Å²) in [4.78, 5) is 34.3. The van der Waals surface area contributed by atoms with Crippen LogP contribution < -0.4 is 20.1 Å². The fourth-order valence-corrected chi connectivity index (χ4v) is 6.47. The molecule has 44 heavy (non-hydrogen) atoms. The minimum Gasteiger partial charge on any atom is -0.497 e. The number of methoxy groups -OCH3 is 1. The Morgan fingerprint density at radius 3 is 2.39 bits per heavy atom. The number of amides is 2. The molecule has 2 amide bonds. The number of fused-ring (bicyclic) bond motifs is 1. The number of carbonyl (C=O) groups excluding carboxylic acids is 1. The molecule has 0 atom stereocenters. The Morgan fingerprint density at radius 2 is 1.75 bits per heavy atom. The molecule has 0 unspecified atom stereocenters. The Hall–Kier alpha value is -3.64. The summed E-state index contributed by atoms with van der Waals surface area (Å²) >= 11 is 0. The van der Waals surface area contributed by atoms with Crippen molar-refractivity contribution in [2.75, 3.05) is 20.3 Å². The van der Waals surface area contributed by atoms with Gasteiger partial charge in [-0.3, -0.25) is 4.79 Å². The van der Waals surface area contributed by atoms with E-state index in [-0.39, 0.29) is 24.7 Å². The van der Waals surface area contributed by atoms with Crippen molar-refractivity contribution in [3.05, 3.63) is 35.8 Å². The summed E-state index contributed by atoms with van der Waals surface area (Å²) in [5, 5.41) is 14.8. The summed E-state index contributed by atoms with van der Waals surface area (Å²) in [6.45, 7) is 10.4. The number of hydrogen-bond acceptors (Lipinski definition) is 7. The van der Waals surface area contributed by atoms with Crippen LogP contribution in [0.15, 0.2) is 24.5 Å². The quantitative estimate of drug-likeness (QED) is 0.160. The number of nitrogens with zero attached hydrogens (tertiary/aromatic N) is 3. The van der Waals surface area contributed by atoms with Crippen LogP contribution in [0.1, 0.15) is 54.6 Å². The fourth-order valence-electron chi connectivity index (χ4n) is 5.71. The molecule has 12 heteroatoms. The van der Waals surface area contributed by atoms with Crippen LogP contribution in [0, 0.1) is 12.8 Å². The molecule has 2 aliphatic rings. The Morgan fingerprint density at radius 1 is 1.05 bits per heavy atom. The minimum atomic E-state index is -1.30. The molecule has 2 saturated carbocycles. The second-order valence-corrected chi connectivity index (χ2v) is 18.9. The highest BCUT2D eigenvalue weighted by Crippen LogP contribution is 2.39. The molecule has 11 nitrogen and oxygen atoms in total. The maximum absolute atomic E-state index is 13.9. The summed E-state index contributed by atoms with van der Waals surface area (Å²) in [5.41, 5.74) is 3.92. The third kappa shape index (κ3) is 7.70. The van der Waals surface area contributed by atoms with Crippen LogP contribution in [0.5, 0.6) is 11.5 Å². The molecule has 0 radical (unpaired) electrons. The molecule has 2 heterocycles. The van der Waals surface area contributed by atoms with Crippen molar-refractivity contribution in [2.24, 2.45) is 5.92 Å². The van der Waals surface area contributed by atoms with Crippen LogP contribution in [0.2, 0.25) is 25.7 Å². The summed E-state index contributed by atoms with van der Waals surface area (Å²) in [5.74, 6) is 1.76. The summed E-state index contributed by atoms with van der Waals surface area (Å²) in [6.07, 6.45) is 5.58. The first-order valence-corrected chi connectivity index (χ1v) is 19.3. The van der Waals surface area contributed by atoms with Crippen LogP contribution in [0.25, 0.3) is 22.3 Å². The number of hydrogen-bond donors (Lipinski definition) is 3. The summed E-state index contributed by atoms with van der Waals surface area (Å²) in [7, 11) is 0.331. The molecular weight excluding hydrogens is 578 g/mol. The van der Waals surface area contributed by atoms with Gasteiger partial charge in [0, 0.05) is 38.0 Å². The Kier molecular flexibility index (Phi) is 9.79. The molecule has 2 fully saturated rings. The van der Waals surface area contributed by atoms with Gasteiger partial charge in [-0.1, -0.05) is 19.6 Å². The zero-order valence-electron chi connectivity index (χ0n) is 26.4. The van der Waals surface area contributed by atoms with E-state index in [1.54, 1.807) is 7.11 Å². The lowest BCUT2D eigenvalue weighted by Gasteiger charge is -2.28. The third-order valence-electron chi connectivity index (χ3n) is 8.54. The van der Waals surface area contributed by atoms with Crippen LogP contribution >= 0.6 is 0 Å². The summed E-state index contributed by atoms with van der Waals surface area (Å²) < 4.78 is 20.1. The number of carbonyl (C=O) groups is 2. The first-order chi connectivity index (χ1) is 21.0. The first kappa shape index (κ1) is 31.8. The van der Waals surface area contributed by atoms with Gasteiger partial charge in [-0.2, -0.15) is 0 Å². The fraction of sp³-hybridized carbons (Fsp3) is 0.562. The van der Waals surface area contributed by atoms with Gasteiger partial charge in [0.05, 0.1) is 24.8 Å². The van der Waals surface area contributed by atoms with E-state index >= 15 is 0 Å². The number of aromatic nitrogens is 3. The number of benzene rings is 1. The molecule has 0 spiro atoms. The normalized spacial score (nSPS) is 18.7. The largest absolute Gasteiger partial charge is 0.497 e. The van der Waals surface area contributed by atoms with Gasteiger partial charge in [0.15, 0.2) is 0 Å². The van der Waals surface area contributed by atoms with Crippen molar-refractivity contribution in [1.29, 1.82) is 0 Å². The molecule has 238 valence electrons. The zero-order chi connectivity index (χ0) is 31.4. The molecule has 3 N–H and O–H groups in total. The number of nitrogens with one attached hydrogen (secondary N) is 2. The van der Waals surface area contributed by atoms with Gasteiger partial charge in [0.25, 0.3) is 5.91 Å². The average Bonchev–Trinajstić information content (AvgIpc) is 3.76. The number of rotatable bonds is 13. The van der Waals surface area contributed by atoms with Gasteiger partial charge in [-0.05, 0) is 75.6 Å². The van der Waals surface area contributed by atoms with Gasteiger partial charge in [-0.15, -0.1) is 0 Å². The third-order valence-corrected chi connectivity index (χ3v) is 10.2. The van der Waals surface area contributed by atoms with E-state index in [2.05, 4.69) is 35.3 Å². The molecular formula is C32H45N5O6Si. The van der Waals surface area contributed by atoms with Crippen LogP contribution in [-0.4, -0.2) is 72.1 Å². The second-order valence-electron chi connectivity index (χ2n) is 13.2.